The molecule has 0 aliphatic carbocycles. The van der Waals surface area contributed by atoms with Crippen LogP contribution in [0.2, 0.25) is 0 Å². The standard InChI is InChI=1S/C15H15N3O/c1-19-14-5-3-2-4-12(14)10-6-7-13-11(8-10)9-17-15(16)18-13/h2-8H,9H2,1H3,(H3,16,17,18). The highest BCUT2D eigenvalue weighted by atomic mass is 16.5. The monoisotopic (exact) mass is 253 g/mol. The van der Waals surface area contributed by atoms with Gasteiger partial charge in [0, 0.05) is 11.3 Å². The molecule has 0 amide bonds. The summed E-state index contributed by atoms with van der Waals surface area (Å²) >= 11 is 0. The molecule has 4 nitrogen and oxygen atoms in total. The van der Waals surface area contributed by atoms with Crippen LogP contribution in [-0.2, 0) is 6.54 Å². The van der Waals surface area contributed by atoms with Gasteiger partial charge in [-0.15, -0.1) is 0 Å². The van der Waals surface area contributed by atoms with Crippen molar-refractivity contribution >= 4 is 11.6 Å². The average Bonchev–Trinajstić information content (AvgIpc) is 2.46. The summed E-state index contributed by atoms with van der Waals surface area (Å²) in [6.07, 6.45) is 0. The van der Waals surface area contributed by atoms with Gasteiger partial charge in [0.25, 0.3) is 0 Å². The van der Waals surface area contributed by atoms with E-state index < -0.39 is 0 Å². The van der Waals surface area contributed by atoms with Crippen LogP contribution in [0.5, 0.6) is 5.75 Å². The van der Waals surface area contributed by atoms with Gasteiger partial charge in [-0.2, -0.15) is 0 Å². The van der Waals surface area contributed by atoms with Crippen LogP contribution in [0.25, 0.3) is 11.1 Å². The van der Waals surface area contributed by atoms with E-state index in [4.69, 9.17) is 10.5 Å². The molecule has 3 rings (SSSR count). The number of methoxy groups -OCH3 is 1. The SMILES string of the molecule is COc1ccccc1-c1ccc2c(c1)CN=C(N)N2. The Morgan fingerprint density at radius 1 is 1.21 bits per heavy atom. The normalized spacial score (nSPS) is 13.2. The predicted molar refractivity (Wildman–Crippen MR) is 77.4 cm³/mol. The number of anilines is 1. The lowest BCUT2D eigenvalue weighted by atomic mass is 10.0. The highest BCUT2D eigenvalue weighted by Gasteiger charge is 2.12. The summed E-state index contributed by atoms with van der Waals surface area (Å²) in [6.45, 7) is 0.608. The molecule has 2 aromatic rings. The fraction of sp³-hybridized carbons (Fsp3) is 0.133. The van der Waals surface area contributed by atoms with Crippen molar-refractivity contribution in [2.24, 2.45) is 10.7 Å². The van der Waals surface area contributed by atoms with E-state index in [1.165, 1.54) is 0 Å². The van der Waals surface area contributed by atoms with Gasteiger partial charge in [-0.25, -0.2) is 4.99 Å². The molecule has 3 N–H and O–H groups in total. The van der Waals surface area contributed by atoms with E-state index in [9.17, 15) is 0 Å². The lowest BCUT2D eigenvalue weighted by Gasteiger charge is -2.17. The molecule has 1 aliphatic heterocycles. The molecule has 0 saturated carbocycles. The van der Waals surface area contributed by atoms with E-state index in [1.54, 1.807) is 7.11 Å². The van der Waals surface area contributed by atoms with Gasteiger partial charge in [-0.1, -0.05) is 24.3 Å². The first kappa shape index (κ1) is 11.6. The Labute approximate surface area is 111 Å². The molecule has 0 aromatic heterocycles. The number of benzene rings is 2. The first-order chi connectivity index (χ1) is 9.28. The Hall–Kier alpha value is -2.49. The lowest BCUT2D eigenvalue weighted by molar-refractivity contribution is 0.416. The zero-order chi connectivity index (χ0) is 13.2. The molecule has 0 spiro atoms. The molecular formula is C15H15N3O. The smallest absolute Gasteiger partial charge is 0.193 e. The number of hydrogen-bond acceptors (Lipinski definition) is 4. The summed E-state index contributed by atoms with van der Waals surface area (Å²) in [7, 11) is 1.68. The maximum absolute atomic E-state index is 5.66. The third kappa shape index (κ3) is 2.12. The third-order valence-electron chi connectivity index (χ3n) is 3.21. The van der Waals surface area contributed by atoms with Crippen LogP contribution >= 0.6 is 0 Å². The van der Waals surface area contributed by atoms with Crippen molar-refractivity contribution in [3.63, 3.8) is 0 Å². The maximum Gasteiger partial charge on any atom is 0.193 e. The van der Waals surface area contributed by atoms with Crippen molar-refractivity contribution in [2.45, 2.75) is 6.54 Å². The van der Waals surface area contributed by atoms with Crippen LogP contribution in [0.4, 0.5) is 5.69 Å². The van der Waals surface area contributed by atoms with Crippen molar-refractivity contribution < 1.29 is 4.74 Å². The predicted octanol–water partition coefficient (Wildman–Crippen LogP) is 2.60. The largest absolute Gasteiger partial charge is 0.496 e. The van der Waals surface area contributed by atoms with E-state index in [1.807, 2.05) is 24.3 Å². The van der Waals surface area contributed by atoms with Crippen molar-refractivity contribution in [1.29, 1.82) is 0 Å². The van der Waals surface area contributed by atoms with Crippen LogP contribution in [0.15, 0.2) is 47.5 Å². The fourth-order valence-electron chi connectivity index (χ4n) is 2.24. The summed E-state index contributed by atoms with van der Waals surface area (Å²) in [6, 6.07) is 14.2. The van der Waals surface area contributed by atoms with Crippen molar-refractivity contribution in [2.75, 3.05) is 12.4 Å². The number of fused-ring (bicyclic) bond motifs is 1. The topological polar surface area (TPSA) is 59.6 Å². The molecule has 2 aromatic carbocycles. The second kappa shape index (κ2) is 4.65. The highest BCUT2D eigenvalue weighted by Crippen LogP contribution is 2.32. The third-order valence-corrected chi connectivity index (χ3v) is 3.21. The van der Waals surface area contributed by atoms with Crippen LogP contribution in [0, 0.1) is 0 Å². The van der Waals surface area contributed by atoms with Gasteiger partial charge in [0.2, 0.25) is 0 Å². The fourth-order valence-corrected chi connectivity index (χ4v) is 2.24. The number of nitrogens with two attached hydrogens (primary N) is 1. The molecule has 96 valence electrons. The van der Waals surface area contributed by atoms with Gasteiger partial charge < -0.3 is 15.8 Å². The van der Waals surface area contributed by atoms with Gasteiger partial charge in [-0.3, -0.25) is 0 Å². The summed E-state index contributed by atoms with van der Waals surface area (Å²) in [5, 5.41) is 3.06. The first-order valence-electron chi connectivity index (χ1n) is 6.11. The molecule has 0 bridgehead atoms. The maximum atomic E-state index is 5.66. The van der Waals surface area contributed by atoms with E-state index >= 15 is 0 Å². The number of nitrogens with one attached hydrogen (secondary N) is 1. The second-order valence-electron chi connectivity index (χ2n) is 4.40. The number of nitrogens with zero attached hydrogens (tertiary/aromatic N) is 1. The zero-order valence-corrected chi connectivity index (χ0v) is 10.7. The Balaban J connectivity index is 2.04. The molecule has 19 heavy (non-hydrogen) atoms. The minimum absolute atomic E-state index is 0.470. The highest BCUT2D eigenvalue weighted by molar-refractivity contribution is 5.95. The van der Waals surface area contributed by atoms with Gasteiger partial charge in [0.1, 0.15) is 5.75 Å². The Morgan fingerprint density at radius 2 is 2.05 bits per heavy atom. The number of guanidine groups is 1. The summed E-state index contributed by atoms with van der Waals surface area (Å²) < 4.78 is 5.40. The van der Waals surface area contributed by atoms with Gasteiger partial charge in [-0.05, 0) is 29.3 Å². The summed E-state index contributed by atoms with van der Waals surface area (Å²) in [4.78, 5) is 4.20. The Kier molecular flexibility index (Phi) is 2.83. The number of para-hydroxylation sites is 1. The molecule has 1 heterocycles. The van der Waals surface area contributed by atoms with Crippen LogP contribution in [-0.4, -0.2) is 13.1 Å². The summed E-state index contributed by atoms with van der Waals surface area (Å²) in [5.74, 6) is 1.34. The molecule has 0 radical (unpaired) electrons. The molecule has 4 heteroatoms. The van der Waals surface area contributed by atoms with E-state index in [-0.39, 0.29) is 0 Å². The minimum Gasteiger partial charge on any atom is -0.496 e. The number of hydrogen-bond donors (Lipinski definition) is 2. The Morgan fingerprint density at radius 3 is 2.89 bits per heavy atom. The van der Waals surface area contributed by atoms with Crippen LogP contribution < -0.4 is 15.8 Å². The van der Waals surface area contributed by atoms with Crippen LogP contribution in [0.1, 0.15) is 5.56 Å². The Bertz CT molecular complexity index is 650. The van der Waals surface area contributed by atoms with Crippen molar-refractivity contribution in [3.8, 4) is 16.9 Å². The van der Waals surface area contributed by atoms with Crippen LogP contribution in [0.3, 0.4) is 0 Å². The molecule has 0 saturated heterocycles. The molecule has 0 fully saturated rings. The average molecular weight is 253 g/mol. The molecule has 0 atom stereocenters. The van der Waals surface area contributed by atoms with Gasteiger partial charge >= 0.3 is 0 Å². The van der Waals surface area contributed by atoms with E-state index in [0.29, 0.717) is 12.5 Å². The van der Waals surface area contributed by atoms with E-state index in [0.717, 1.165) is 28.1 Å². The quantitative estimate of drug-likeness (QED) is 0.864. The first-order valence-corrected chi connectivity index (χ1v) is 6.11. The lowest BCUT2D eigenvalue weighted by Crippen LogP contribution is -2.26. The van der Waals surface area contributed by atoms with Gasteiger partial charge in [0.05, 0.1) is 13.7 Å². The second-order valence-corrected chi connectivity index (χ2v) is 4.40. The number of aliphatic imine (C=N–C) groups is 1. The number of ether oxygens (including phenoxy) is 1. The van der Waals surface area contributed by atoms with Gasteiger partial charge in [0.15, 0.2) is 5.96 Å². The summed E-state index contributed by atoms with van der Waals surface area (Å²) in [5.41, 5.74) is 10.0. The molecular weight excluding hydrogens is 238 g/mol. The van der Waals surface area contributed by atoms with E-state index in [2.05, 4.69) is 28.5 Å². The molecule has 0 unspecified atom stereocenters. The van der Waals surface area contributed by atoms with Crippen molar-refractivity contribution in [1.82, 2.24) is 0 Å². The van der Waals surface area contributed by atoms with Crippen molar-refractivity contribution in [3.05, 3.63) is 48.0 Å². The zero-order valence-electron chi connectivity index (χ0n) is 10.7. The number of rotatable bonds is 2. The molecule has 1 aliphatic rings. The minimum atomic E-state index is 0.470.